The first-order chi connectivity index (χ1) is 13.5. The number of urea groups is 1. The van der Waals surface area contributed by atoms with E-state index in [1.165, 1.54) is 21.2 Å². The Hall–Kier alpha value is -2.09. The van der Waals surface area contributed by atoms with Crippen LogP contribution in [0.3, 0.4) is 0 Å². The molecule has 148 valence electrons. The molecule has 4 unspecified atom stereocenters. The van der Waals surface area contributed by atoms with Crippen LogP contribution in [0.15, 0.2) is 42.5 Å². The van der Waals surface area contributed by atoms with Gasteiger partial charge in [0.1, 0.15) is 0 Å². The Morgan fingerprint density at radius 3 is 2.57 bits per heavy atom. The number of benzene rings is 2. The maximum atomic E-state index is 12.9. The summed E-state index contributed by atoms with van der Waals surface area (Å²) in [6, 6.07) is 14.5. The summed E-state index contributed by atoms with van der Waals surface area (Å²) >= 11 is 1.74. The lowest BCUT2D eigenvalue weighted by Crippen LogP contribution is -2.74. The van der Waals surface area contributed by atoms with Crippen LogP contribution in [0.2, 0.25) is 0 Å². The lowest BCUT2D eigenvalue weighted by atomic mass is 9.97. The van der Waals surface area contributed by atoms with Gasteiger partial charge in [0.2, 0.25) is 5.91 Å². The van der Waals surface area contributed by atoms with Crippen molar-refractivity contribution in [3.63, 3.8) is 0 Å². The van der Waals surface area contributed by atoms with E-state index >= 15 is 0 Å². The third-order valence-corrected chi connectivity index (χ3v) is 7.00. The Labute approximate surface area is 169 Å². The number of carbonyl (C=O) groups excluding carboxylic acids is 2. The van der Waals surface area contributed by atoms with Crippen molar-refractivity contribution in [1.29, 1.82) is 0 Å². The SMILES string of the molecule is CCC1NC(SCc2cccc3ccccc23)C2C(=O)N(C)C(=O)N(C)C2N1. The fourth-order valence-electron chi connectivity index (χ4n) is 4.10. The smallest absolute Gasteiger partial charge is 0.311 e. The number of rotatable bonds is 4. The van der Waals surface area contributed by atoms with Gasteiger partial charge >= 0.3 is 6.03 Å². The first-order valence-electron chi connectivity index (χ1n) is 9.66. The number of carbonyl (C=O) groups is 2. The third kappa shape index (κ3) is 3.27. The molecule has 2 saturated heterocycles. The zero-order chi connectivity index (χ0) is 19.8. The number of hydrogen-bond acceptors (Lipinski definition) is 5. The third-order valence-electron chi connectivity index (χ3n) is 5.73. The van der Waals surface area contributed by atoms with Crippen molar-refractivity contribution < 1.29 is 9.59 Å². The van der Waals surface area contributed by atoms with Gasteiger partial charge in [-0.25, -0.2) is 4.79 Å². The van der Waals surface area contributed by atoms with Crippen molar-refractivity contribution >= 4 is 34.5 Å². The Bertz CT molecular complexity index is 900. The number of thioether (sulfide) groups is 1. The largest absolute Gasteiger partial charge is 0.327 e. The number of nitrogens with zero attached hydrogens (tertiary/aromatic N) is 2. The van der Waals surface area contributed by atoms with Gasteiger partial charge in [-0.2, -0.15) is 0 Å². The molecular weight excluding hydrogens is 372 g/mol. The van der Waals surface area contributed by atoms with E-state index in [4.69, 9.17) is 0 Å². The predicted molar refractivity (Wildman–Crippen MR) is 113 cm³/mol. The summed E-state index contributed by atoms with van der Waals surface area (Å²) in [5, 5.41) is 9.40. The second kappa shape index (κ2) is 7.73. The summed E-state index contributed by atoms with van der Waals surface area (Å²) in [5.74, 6) is 0.349. The molecule has 2 aromatic rings. The van der Waals surface area contributed by atoms with E-state index in [0.717, 1.165) is 12.2 Å². The van der Waals surface area contributed by atoms with Gasteiger partial charge in [0.05, 0.1) is 23.6 Å². The molecule has 6 nitrogen and oxygen atoms in total. The molecular formula is C21H26N4O2S. The summed E-state index contributed by atoms with van der Waals surface area (Å²) in [7, 11) is 3.33. The molecule has 7 heteroatoms. The summed E-state index contributed by atoms with van der Waals surface area (Å²) in [6.45, 7) is 2.09. The summed E-state index contributed by atoms with van der Waals surface area (Å²) in [5.41, 5.74) is 1.26. The molecule has 0 saturated carbocycles. The quantitative estimate of drug-likeness (QED) is 0.829. The van der Waals surface area contributed by atoms with E-state index in [2.05, 4.69) is 54.0 Å². The van der Waals surface area contributed by atoms with Crippen molar-refractivity contribution in [2.24, 2.45) is 5.92 Å². The molecule has 0 radical (unpaired) electrons. The maximum Gasteiger partial charge on any atom is 0.327 e. The predicted octanol–water partition coefficient (Wildman–Crippen LogP) is 2.79. The van der Waals surface area contributed by atoms with Crippen LogP contribution in [-0.4, -0.2) is 53.5 Å². The minimum Gasteiger partial charge on any atom is -0.311 e. The molecule has 2 fully saturated rings. The molecule has 0 spiro atoms. The molecule has 2 aliphatic rings. The molecule has 2 aliphatic heterocycles. The van der Waals surface area contributed by atoms with Crippen LogP contribution in [0.25, 0.3) is 10.8 Å². The van der Waals surface area contributed by atoms with Gasteiger partial charge < -0.3 is 4.90 Å². The summed E-state index contributed by atoms with van der Waals surface area (Å²) in [4.78, 5) is 28.2. The van der Waals surface area contributed by atoms with Gasteiger partial charge in [-0.1, -0.05) is 49.4 Å². The fraction of sp³-hybridized carbons (Fsp3) is 0.429. The minimum absolute atomic E-state index is 0.0673. The molecule has 2 heterocycles. The Morgan fingerprint density at radius 1 is 1.04 bits per heavy atom. The van der Waals surface area contributed by atoms with Crippen molar-refractivity contribution in [1.82, 2.24) is 20.4 Å². The molecule has 2 aromatic carbocycles. The van der Waals surface area contributed by atoms with Crippen molar-refractivity contribution in [2.75, 3.05) is 14.1 Å². The fourth-order valence-corrected chi connectivity index (χ4v) is 5.45. The summed E-state index contributed by atoms with van der Waals surface area (Å²) in [6.07, 6.45) is 0.658. The van der Waals surface area contributed by atoms with Gasteiger partial charge in [-0.15, -0.1) is 11.8 Å². The van der Waals surface area contributed by atoms with E-state index in [-0.39, 0.29) is 35.6 Å². The second-order valence-electron chi connectivity index (χ2n) is 7.43. The van der Waals surface area contributed by atoms with Crippen LogP contribution in [-0.2, 0) is 10.5 Å². The number of nitrogens with one attached hydrogen (secondary N) is 2. The topological polar surface area (TPSA) is 64.7 Å². The van der Waals surface area contributed by atoms with Gasteiger partial charge in [-0.05, 0) is 22.8 Å². The Morgan fingerprint density at radius 2 is 1.79 bits per heavy atom. The summed E-state index contributed by atoms with van der Waals surface area (Å²) < 4.78 is 0. The monoisotopic (exact) mass is 398 g/mol. The molecule has 4 atom stereocenters. The zero-order valence-electron chi connectivity index (χ0n) is 16.4. The van der Waals surface area contributed by atoms with Crippen LogP contribution >= 0.6 is 11.8 Å². The number of imide groups is 1. The average Bonchev–Trinajstić information content (AvgIpc) is 2.73. The van der Waals surface area contributed by atoms with Crippen LogP contribution in [0.5, 0.6) is 0 Å². The number of hydrogen-bond donors (Lipinski definition) is 2. The molecule has 0 bridgehead atoms. The molecule has 0 aliphatic carbocycles. The highest BCUT2D eigenvalue weighted by atomic mass is 32.2. The standard InChI is InChI=1S/C21H26N4O2S/c1-4-16-22-18-17(20(26)25(3)21(27)24(18)2)19(23-16)28-12-14-10-7-9-13-8-5-6-11-15(13)14/h5-11,16-19,22-23H,4,12H2,1-3H3. The first-order valence-corrected chi connectivity index (χ1v) is 10.7. The van der Waals surface area contributed by atoms with E-state index in [1.807, 2.05) is 6.07 Å². The van der Waals surface area contributed by atoms with Crippen LogP contribution in [0.4, 0.5) is 4.79 Å². The highest BCUT2D eigenvalue weighted by molar-refractivity contribution is 7.99. The molecule has 28 heavy (non-hydrogen) atoms. The highest BCUT2D eigenvalue weighted by Crippen LogP contribution is 2.34. The Balaban J connectivity index is 1.60. The Kier molecular flexibility index (Phi) is 5.31. The minimum atomic E-state index is -0.324. The van der Waals surface area contributed by atoms with Crippen molar-refractivity contribution in [3.8, 4) is 0 Å². The lowest BCUT2D eigenvalue weighted by Gasteiger charge is -2.50. The van der Waals surface area contributed by atoms with Crippen LogP contribution in [0, 0.1) is 5.92 Å². The van der Waals surface area contributed by atoms with Crippen LogP contribution in [0.1, 0.15) is 18.9 Å². The van der Waals surface area contributed by atoms with E-state index in [0.29, 0.717) is 0 Å². The van der Waals surface area contributed by atoms with Gasteiger partial charge in [0, 0.05) is 19.8 Å². The van der Waals surface area contributed by atoms with Gasteiger partial charge in [0.15, 0.2) is 0 Å². The molecule has 0 aromatic heterocycles. The number of fused-ring (bicyclic) bond motifs is 2. The molecule has 3 amide bonds. The average molecular weight is 399 g/mol. The van der Waals surface area contributed by atoms with E-state index in [1.54, 1.807) is 30.8 Å². The van der Waals surface area contributed by atoms with Crippen LogP contribution < -0.4 is 10.6 Å². The van der Waals surface area contributed by atoms with E-state index < -0.39 is 0 Å². The van der Waals surface area contributed by atoms with E-state index in [9.17, 15) is 9.59 Å². The van der Waals surface area contributed by atoms with Crippen molar-refractivity contribution in [2.45, 2.75) is 36.8 Å². The number of amides is 3. The maximum absolute atomic E-state index is 12.9. The highest BCUT2D eigenvalue weighted by Gasteiger charge is 2.50. The van der Waals surface area contributed by atoms with Gasteiger partial charge in [0.25, 0.3) is 0 Å². The van der Waals surface area contributed by atoms with Gasteiger partial charge in [-0.3, -0.25) is 20.3 Å². The first kappa shape index (κ1) is 19.2. The lowest BCUT2D eigenvalue weighted by molar-refractivity contribution is -0.140. The second-order valence-corrected chi connectivity index (χ2v) is 8.56. The zero-order valence-corrected chi connectivity index (χ0v) is 17.2. The van der Waals surface area contributed by atoms with Crippen molar-refractivity contribution in [3.05, 3.63) is 48.0 Å². The molecule has 4 rings (SSSR count). The normalized spacial score (nSPS) is 28.0. The molecule has 2 N–H and O–H groups in total.